The van der Waals surface area contributed by atoms with E-state index in [2.05, 4.69) is 12.2 Å². The first-order chi connectivity index (χ1) is 17.4. The van der Waals surface area contributed by atoms with Crippen molar-refractivity contribution in [2.75, 3.05) is 13.2 Å². The first-order valence-electron chi connectivity index (χ1n) is 12.4. The number of hydrogen-bond donors (Lipinski definition) is 1. The number of benzene rings is 3. The molecule has 0 radical (unpaired) electrons. The topological polar surface area (TPSA) is 58.6 Å². The Morgan fingerprint density at radius 1 is 0.972 bits per heavy atom. The molecule has 0 fully saturated rings. The predicted octanol–water partition coefficient (Wildman–Crippen LogP) is 5.89. The molecule has 3 rings (SSSR count). The van der Waals surface area contributed by atoms with Crippen molar-refractivity contribution in [3.63, 3.8) is 0 Å². The molecule has 3 aromatic rings. The number of rotatable bonds is 12. The van der Waals surface area contributed by atoms with Gasteiger partial charge in [0, 0.05) is 24.5 Å². The van der Waals surface area contributed by atoms with Gasteiger partial charge in [-0.3, -0.25) is 9.59 Å². The second-order valence-electron chi connectivity index (χ2n) is 9.06. The Bertz CT molecular complexity index is 1150. The summed E-state index contributed by atoms with van der Waals surface area (Å²) >= 11 is 6.13. The van der Waals surface area contributed by atoms with E-state index in [-0.39, 0.29) is 18.4 Å². The standard InChI is InChI=1S/C30H35ClN2O3/c1-4-5-16-32-30(35)28(19-24-11-7-6-8-12-24)33(20-25-13-9-10-22(2)17-25)29(34)21-36-26-14-15-27(31)23(3)18-26/h6-15,17-18,28H,4-5,16,19-21H2,1-3H3,(H,32,35)/t28-/m0/s1. The lowest BCUT2D eigenvalue weighted by Gasteiger charge is -2.31. The van der Waals surface area contributed by atoms with Crippen LogP contribution in [-0.2, 0) is 22.6 Å². The largest absolute Gasteiger partial charge is 0.484 e. The summed E-state index contributed by atoms with van der Waals surface area (Å²) in [6, 6.07) is 22.4. The van der Waals surface area contributed by atoms with Gasteiger partial charge in [0.25, 0.3) is 5.91 Å². The van der Waals surface area contributed by atoms with Gasteiger partial charge < -0.3 is 15.0 Å². The van der Waals surface area contributed by atoms with Gasteiger partial charge in [-0.05, 0) is 55.2 Å². The minimum Gasteiger partial charge on any atom is -0.484 e. The normalized spacial score (nSPS) is 11.6. The van der Waals surface area contributed by atoms with Crippen LogP contribution in [0.15, 0.2) is 72.8 Å². The monoisotopic (exact) mass is 506 g/mol. The summed E-state index contributed by atoms with van der Waals surface area (Å²) in [5.74, 6) is 0.152. The number of ether oxygens (including phenoxy) is 1. The lowest BCUT2D eigenvalue weighted by atomic mass is 10.0. The van der Waals surface area contributed by atoms with E-state index < -0.39 is 6.04 Å². The Hall–Kier alpha value is -3.31. The molecule has 0 bridgehead atoms. The molecule has 0 aliphatic heterocycles. The predicted molar refractivity (Wildman–Crippen MR) is 145 cm³/mol. The Labute approximate surface area is 219 Å². The summed E-state index contributed by atoms with van der Waals surface area (Å²) in [5, 5.41) is 3.68. The molecule has 3 aromatic carbocycles. The first-order valence-corrected chi connectivity index (χ1v) is 12.8. The minimum atomic E-state index is -0.673. The number of hydrogen-bond acceptors (Lipinski definition) is 3. The molecule has 0 aliphatic carbocycles. The molecule has 6 heteroatoms. The van der Waals surface area contributed by atoms with Crippen molar-refractivity contribution in [1.82, 2.24) is 10.2 Å². The number of nitrogens with zero attached hydrogens (tertiary/aromatic N) is 1. The van der Waals surface area contributed by atoms with Crippen molar-refractivity contribution in [2.24, 2.45) is 0 Å². The van der Waals surface area contributed by atoms with E-state index in [4.69, 9.17) is 16.3 Å². The second-order valence-corrected chi connectivity index (χ2v) is 9.47. The quantitative estimate of drug-likeness (QED) is 0.311. The minimum absolute atomic E-state index is 0.157. The van der Waals surface area contributed by atoms with Crippen LogP contribution in [0.2, 0.25) is 5.02 Å². The van der Waals surface area contributed by atoms with Crippen molar-refractivity contribution >= 4 is 23.4 Å². The molecule has 190 valence electrons. The smallest absolute Gasteiger partial charge is 0.261 e. The molecular weight excluding hydrogens is 472 g/mol. The molecular formula is C30H35ClN2O3. The van der Waals surface area contributed by atoms with Gasteiger partial charge >= 0.3 is 0 Å². The highest BCUT2D eigenvalue weighted by molar-refractivity contribution is 6.31. The van der Waals surface area contributed by atoms with Gasteiger partial charge in [-0.1, -0.05) is 85.1 Å². The van der Waals surface area contributed by atoms with Crippen molar-refractivity contribution in [2.45, 2.75) is 52.6 Å². The highest BCUT2D eigenvalue weighted by Gasteiger charge is 2.30. The van der Waals surface area contributed by atoms with Gasteiger partial charge in [-0.25, -0.2) is 0 Å². The fourth-order valence-electron chi connectivity index (χ4n) is 4.00. The van der Waals surface area contributed by atoms with Gasteiger partial charge in [0.2, 0.25) is 5.91 Å². The Morgan fingerprint density at radius 2 is 1.72 bits per heavy atom. The zero-order valence-corrected chi connectivity index (χ0v) is 22.1. The van der Waals surface area contributed by atoms with E-state index in [0.717, 1.165) is 35.1 Å². The van der Waals surface area contributed by atoms with Gasteiger partial charge in [0.15, 0.2) is 6.61 Å². The van der Waals surface area contributed by atoms with E-state index in [1.807, 2.05) is 68.4 Å². The summed E-state index contributed by atoms with van der Waals surface area (Å²) in [6.45, 7) is 6.69. The van der Waals surface area contributed by atoms with Gasteiger partial charge in [0.1, 0.15) is 11.8 Å². The second kappa shape index (κ2) is 13.7. The van der Waals surface area contributed by atoms with Crippen LogP contribution in [0.1, 0.15) is 42.0 Å². The highest BCUT2D eigenvalue weighted by Crippen LogP contribution is 2.22. The van der Waals surface area contributed by atoms with Crippen LogP contribution >= 0.6 is 11.6 Å². The fraction of sp³-hybridized carbons (Fsp3) is 0.333. The van der Waals surface area contributed by atoms with Crippen molar-refractivity contribution in [1.29, 1.82) is 0 Å². The van der Waals surface area contributed by atoms with E-state index in [9.17, 15) is 9.59 Å². The third-order valence-electron chi connectivity index (χ3n) is 6.03. The third-order valence-corrected chi connectivity index (χ3v) is 6.45. The van der Waals surface area contributed by atoms with Gasteiger partial charge in [-0.15, -0.1) is 0 Å². The van der Waals surface area contributed by atoms with Crippen LogP contribution in [0.25, 0.3) is 0 Å². The molecule has 1 atom stereocenters. The van der Waals surface area contributed by atoms with Crippen LogP contribution in [0.5, 0.6) is 5.75 Å². The molecule has 36 heavy (non-hydrogen) atoms. The summed E-state index contributed by atoms with van der Waals surface area (Å²) in [5.41, 5.74) is 3.92. The van der Waals surface area contributed by atoms with Crippen molar-refractivity contribution in [3.8, 4) is 5.75 Å². The number of unbranched alkanes of at least 4 members (excludes halogenated alkanes) is 1. The molecule has 5 nitrogen and oxygen atoms in total. The molecule has 1 N–H and O–H groups in total. The Balaban J connectivity index is 1.89. The molecule has 0 spiro atoms. The molecule has 0 heterocycles. The average Bonchev–Trinajstić information content (AvgIpc) is 2.87. The van der Waals surface area contributed by atoms with Gasteiger partial charge in [0.05, 0.1) is 0 Å². The third kappa shape index (κ3) is 8.13. The highest BCUT2D eigenvalue weighted by atomic mass is 35.5. The summed E-state index contributed by atoms with van der Waals surface area (Å²) in [6.07, 6.45) is 2.27. The maximum atomic E-state index is 13.6. The fourth-order valence-corrected chi connectivity index (χ4v) is 4.12. The zero-order valence-electron chi connectivity index (χ0n) is 21.3. The van der Waals surface area contributed by atoms with Crippen LogP contribution in [-0.4, -0.2) is 35.9 Å². The number of nitrogens with one attached hydrogen (secondary N) is 1. The number of halogens is 1. The maximum absolute atomic E-state index is 13.6. The summed E-state index contributed by atoms with van der Waals surface area (Å²) in [7, 11) is 0. The van der Waals surface area contributed by atoms with Crippen LogP contribution in [0.4, 0.5) is 0 Å². The Kier molecular flexibility index (Phi) is 10.4. The lowest BCUT2D eigenvalue weighted by molar-refractivity contribution is -0.142. The van der Waals surface area contributed by atoms with Crippen LogP contribution < -0.4 is 10.1 Å². The van der Waals surface area contributed by atoms with E-state index in [0.29, 0.717) is 30.3 Å². The number of amides is 2. The molecule has 0 saturated carbocycles. The van der Waals surface area contributed by atoms with Crippen molar-refractivity contribution < 1.29 is 14.3 Å². The van der Waals surface area contributed by atoms with Gasteiger partial charge in [-0.2, -0.15) is 0 Å². The maximum Gasteiger partial charge on any atom is 0.261 e. The lowest BCUT2D eigenvalue weighted by Crippen LogP contribution is -2.51. The van der Waals surface area contributed by atoms with Crippen molar-refractivity contribution in [3.05, 3.63) is 100 Å². The van der Waals surface area contributed by atoms with E-state index in [1.54, 1.807) is 23.1 Å². The molecule has 0 saturated heterocycles. The SMILES string of the molecule is CCCCNC(=O)[C@H](Cc1ccccc1)N(Cc1cccc(C)c1)C(=O)COc1ccc(Cl)c(C)c1. The zero-order chi connectivity index (χ0) is 25.9. The number of carbonyl (C=O) groups excluding carboxylic acids is 2. The van der Waals surface area contributed by atoms with E-state index in [1.165, 1.54) is 0 Å². The molecule has 2 amide bonds. The summed E-state index contributed by atoms with van der Waals surface area (Å²) < 4.78 is 5.84. The van der Waals surface area contributed by atoms with Crippen LogP contribution in [0, 0.1) is 13.8 Å². The average molecular weight is 507 g/mol. The first kappa shape index (κ1) is 27.3. The number of carbonyl (C=O) groups is 2. The van der Waals surface area contributed by atoms with E-state index >= 15 is 0 Å². The molecule has 0 aliphatic rings. The molecule has 0 aromatic heterocycles. The molecule has 0 unspecified atom stereocenters. The van der Waals surface area contributed by atoms with Crippen LogP contribution in [0.3, 0.4) is 0 Å². The summed E-state index contributed by atoms with van der Waals surface area (Å²) in [4.78, 5) is 28.7. The number of aryl methyl sites for hydroxylation is 2. The Morgan fingerprint density at radius 3 is 2.42 bits per heavy atom.